The third-order valence-electron chi connectivity index (χ3n) is 8.89. The molecule has 0 N–H and O–H groups in total. The maximum absolute atomic E-state index is 13.9. The number of imide groups is 1. The number of carbonyl (C=O) groups is 2. The monoisotopic (exact) mass is 873 g/mol. The fourth-order valence-corrected chi connectivity index (χ4v) is 13.6. The normalized spacial score (nSPS) is 17.1. The minimum atomic E-state index is -2.51. The fourth-order valence-electron chi connectivity index (χ4n) is 6.67. The molecule has 50 heavy (non-hydrogen) atoms. The number of fused-ring (bicyclic) bond motifs is 1. The zero-order chi connectivity index (χ0) is 35.3. The summed E-state index contributed by atoms with van der Waals surface area (Å²) in [5, 5.41) is 4.77. The predicted octanol–water partition coefficient (Wildman–Crippen LogP) is 8.70. The van der Waals surface area contributed by atoms with Crippen molar-refractivity contribution < 1.29 is 32.3 Å². The van der Waals surface area contributed by atoms with E-state index in [1.807, 2.05) is 39.0 Å². The van der Waals surface area contributed by atoms with Gasteiger partial charge in [0.15, 0.2) is 0 Å². The van der Waals surface area contributed by atoms with Gasteiger partial charge in [-0.05, 0) is 0 Å². The van der Waals surface area contributed by atoms with Crippen LogP contribution in [0.4, 0.5) is 0 Å². The molecule has 0 aliphatic carbocycles. The van der Waals surface area contributed by atoms with Crippen LogP contribution < -0.4 is 15.9 Å². The van der Waals surface area contributed by atoms with Gasteiger partial charge in [0.2, 0.25) is 0 Å². The molecular weight excluding hydrogens is 832 g/mol. The summed E-state index contributed by atoms with van der Waals surface area (Å²) in [6, 6.07) is 32.3. The van der Waals surface area contributed by atoms with E-state index in [0.29, 0.717) is 30.9 Å². The van der Waals surface area contributed by atoms with Crippen molar-refractivity contribution in [3.63, 3.8) is 0 Å². The number of allylic oxidation sites excluding steroid dienone is 6. The second-order valence-corrected chi connectivity index (χ2v) is 17.6. The Kier molecular flexibility index (Phi) is 11.4. The van der Waals surface area contributed by atoms with Gasteiger partial charge in [0.05, 0.1) is 0 Å². The first-order chi connectivity index (χ1) is 24.3. The Labute approximate surface area is 310 Å². The van der Waals surface area contributed by atoms with Crippen LogP contribution in [-0.4, -0.2) is 36.5 Å². The van der Waals surface area contributed by atoms with Crippen LogP contribution in [0.5, 0.6) is 0 Å². The van der Waals surface area contributed by atoms with Crippen molar-refractivity contribution in [3.8, 4) is 4.37 Å². The average molecular weight is 872 g/mol. The third-order valence-corrected chi connectivity index (χ3v) is 15.4. The van der Waals surface area contributed by atoms with Gasteiger partial charge in [-0.15, -0.1) is 0 Å². The van der Waals surface area contributed by atoms with E-state index >= 15 is 0 Å². The second kappa shape index (κ2) is 15.9. The summed E-state index contributed by atoms with van der Waals surface area (Å²) >= 11 is 3.23. The molecule has 0 bridgehead atoms. The van der Waals surface area contributed by atoms with Crippen molar-refractivity contribution in [2.75, 3.05) is 19.8 Å². The van der Waals surface area contributed by atoms with Gasteiger partial charge in [0.25, 0.3) is 0 Å². The molecule has 4 aromatic rings. The van der Waals surface area contributed by atoms with Gasteiger partial charge in [-0.25, -0.2) is 0 Å². The molecule has 4 nitrogen and oxygen atoms in total. The van der Waals surface area contributed by atoms with Gasteiger partial charge in [-0.2, -0.15) is 0 Å². The van der Waals surface area contributed by atoms with Crippen molar-refractivity contribution in [3.05, 3.63) is 158 Å². The Morgan fingerprint density at radius 1 is 0.820 bits per heavy atom. The summed E-state index contributed by atoms with van der Waals surface area (Å²) in [5.74, 6) is -0.259. The third kappa shape index (κ3) is 6.73. The van der Waals surface area contributed by atoms with Gasteiger partial charge in [0, 0.05) is 0 Å². The molecule has 0 spiro atoms. The van der Waals surface area contributed by atoms with Crippen LogP contribution in [0.3, 0.4) is 0 Å². The Balaban J connectivity index is 1.67. The van der Waals surface area contributed by atoms with Gasteiger partial charge in [-0.3, -0.25) is 0 Å². The molecule has 2 aliphatic heterocycles. The molecule has 1 saturated heterocycles. The first-order valence-corrected chi connectivity index (χ1v) is 20.7. The van der Waals surface area contributed by atoms with Crippen molar-refractivity contribution in [1.29, 1.82) is 0 Å². The first-order valence-electron chi connectivity index (χ1n) is 16.8. The van der Waals surface area contributed by atoms with Crippen molar-refractivity contribution >= 4 is 58.5 Å². The average Bonchev–Trinajstić information content (AvgIpc) is 3.82. The van der Waals surface area contributed by atoms with Gasteiger partial charge >= 0.3 is 312 Å². The molecule has 0 unspecified atom stereocenters. The molecule has 0 atom stereocenters. The van der Waals surface area contributed by atoms with E-state index in [2.05, 4.69) is 121 Å². The Hall–Kier alpha value is -3.99. The van der Waals surface area contributed by atoms with Crippen LogP contribution in [0.2, 0.25) is 0 Å². The second-order valence-electron chi connectivity index (χ2n) is 12.6. The number of ether oxygens (including phenoxy) is 1. The molecular formula is C43H40NO3OsPS+. The standard InChI is InChI=1S/C43H40NO3PS.Os/c1-6-17-38-40-41(43(46)44(42(40)45)27-30(3)4)39(49-38)25-24-33(26-34-29-47-28-32(34)7-2)31(5)48(35-18-11-8-12-19-35,36-20-13-9-14-21-36)37-22-15-10-16-23-37;/h6-26,30H,27-29H2,1-4H3;/q+1;/b17-6+,25-24+,32-7?,33-31?,34-26?;. The zero-order valence-corrected chi connectivity index (χ0v) is 33.0. The predicted molar refractivity (Wildman–Crippen MR) is 207 cm³/mol. The summed E-state index contributed by atoms with van der Waals surface area (Å²) in [5.41, 5.74) is 4.29. The van der Waals surface area contributed by atoms with E-state index in [1.54, 1.807) is 17.9 Å². The number of hydrogen-bond donors (Lipinski definition) is 0. The topological polar surface area (TPSA) is 46.6 Å². The number of nitrogens with zero attached hydrogens (tertiary/aromatic N) is 1. The Bertz CT molecular complexity index is 2000. The summed E-state index contributed by atoms with van der Waals surface area (Å²) in [6.45, 7) is 9.51. The molecule has 7 heteroatoms. The molecule has 1 fully saturated rings. The number of thiophene rings is 1. The van der Waals surface area contributed by atoms with Crippen LogP contribution in [0.25, 0.3) is 12.2 Å². The number of hydrogen-bond acceptors (Lipinski definition) is 4. The number of benzene rings is 3. The van der Waals surface area contributed by atoms with Crippen LogP contribution in [0, 0.1) is 10.3 Å². The first kappa shape index (κ1) is 35.8. The molecule has 2 amide bonds. The SMILES string of the molecule is CC=C1COCC1=CC(/C=C/c1sc(/C=C/C)c2c1C(=O)N(CC(C)C)C2=O)=C([C]#[Os])[P+](c1ccccc1)(c1ccccc1)c1ccccc1. The maximum atomic E-state index is 13.9. The molecule has 3 heterocycles. The van der Waals surface area contributed by atoms with Crippen LogP contribution in [-0.2, 0) is 22.7 Å². The Morgan fingerprint density at radius 3 is 1.78 bits per heavy atom. The Morgan fingerprint density at radius 2 is 1.32 bits per heavy atom. The zero-order valence-electron chi connectivity index (χ0n) is 28.7. The number of carbonyl (C=O) groups excluding carboxylic acids is 2. The fraction of sp³-hybridized carbons (Fsp3) is 0.186. The van der Waals surface area contributed by atoms with E-state index in [1.165, 1.54) is 32.2 Å². The van der Waals surface area contributed by atoms with Crippen LogP contribution >= 0.6 is 18.6 Å². The molecule has 253 valence electrons. The van der Waals surface area contributed by atoms with Crippen molar-refractivity contribution in [1.82, 2.24) is 4.90 Å². The summed E-state index contributed by atoms with van der Waals surface area (Å²) in [4.78, 5) is 30.6. The van der Waals surface area contributed by atoms with Crippen LogP contribution in [0.1, 0.15) is 58.2 Å². The summed E-state index contributed by atoms with van der Waals surface area (Å²) < 4.78 is 9.72. The molecule has 3 aromatic carbocycles. The van der Waals surface area contributed by atoms with Crippen molar-refractivity contribution in [2.45, 2.75) is 27.7 Å². The van der Waals surface area contributed by atoms with Crippen LogP contribution in [0.15, 0.2) is 137 Å². The van der Waals surface area contributed by atoms with Gasteiger partial charge < -0.3 is 0 Å². The summed E-state index contributed by atoms with van der Waals surface area (Å²) in [7, 11) is -2.51. The van der Waals surface area contributed by atoms with E-state index in [-0.39, 0.29) is 17.7 Å². The molecule has 0 saturated carbocycles. The molecule has 2 aliphatic rings. The minimum absolute atomic E-state index is 0.167. The van der Waals surface area contributed by atoms with Gasteiger partial charge in [0.1, 0.15) is 0 Å². The van der Waals surface area contributed by atoms with Crippen molar-refractivity contribution in [2.24, 2.45) is 5.92 Å². The summed E-state index contributed by atoms with van der Waals surface area (Å²) in [6.07, 6.45) is 12.4. The van der Waals surface area contributed by atoms with E-state index in [4.69, 9.17) is 4.74 Å². The quantitative estimate of drug-likeness (QED) is 0.0911. The number of amides is 2. The molecule has 1 aromatic heterocycles. The van der Waals surface area contributed by atoms with E-state index in [9.17, 15) is 9.59 Å². The molecule has 0 radical (unpaired) electrons. The van der Waals surface area contributed by atoms with E-state index < -0.39 is 7.26 Å². The van der Waals surface area contributed by atoms with Gasteiger partial charge in [-0.1, -0.05) is 0 Å². The number of rotatable bonds is 10. The molecule has 6 rings (SSSR count). The van der Waals surface area contributed by atoms with E-state index in [0.717, 1.165) is 31.8 Å².